The van der Waals surface area contributed by atoms with Crippen molar-refractivity contribution in [1.29, 1.82) is 5.41 Å². The lowest BCUT2D eigenvalue weighted by atomic mass is 10.2. The summed E-state index contributed by atoms with van der Waals surface area (Å²) in [5.74, 6) is 0. The maximum Gasteiger partial charge on any atom is 0.0523 e. The molecular formula is C14H17N3. The van der Waals surface area contributed by atoms with Crippen LogP contribution in [-0.2, 0) is 0 Å². The van der Waals surface area contributed by atoms with Crippen molar-refractivity contribution >= 4 is 22.7 Å². The lowest BCUT2D eigenvalue weighted by Gasteiger charge is -2.14. The van der Waals surface area contributed by atoms with Gasteiger partial charge in [0.15, 0.2) is 0 Å². The van der Waals surface area contributed by atoms with Crippen molar-refractivity contribution in [3.63, 3.8) is 0 Å². The number of allylic oxidation sites excluding steroid dienone is 1. The molecule has 88 valence electrons. The van der Waals surface area contributed by atoms with E-state index in [4.69, 9.17) is 11.1 Å². The molecule has 0 fully saturated rings. The van der Waals surface area contributed by atoms with Crippen molar-refractivity contribution in [1.82, 2.24) is 4.57 Å². The number of hydrogen-bond donors (Lipinski definition) is 2. The maximum absolute atomic E-state index is 7.42. The quantitative estimate of drug-likeness (QED) is 0.777. The third-order valence-corrected chi connectivity index (χ3v) is 2.90. The minimum Gasteiger partial charge on any atom is -0.404 e. The van der Waals surface area contributed by atoms with Gasteiger partial charge in [0.1, 0.15) is 0 Å². The van der Waals surface area contributed by atoms with E-state index in [1.54, 1.807) is 0 Å². The minimum absolute atomic E-state index is 0.333. The zero-order valence-corrected chi connectivity index (χ0v) is 10.1. The molecule has 0 aliphatic rings. The second-order valence-electron chi connectivity index (χ2n) is 4.32. The van der Waals surface area contributed by atoms with Gasteiger partial charge in [-0.1, -0.05) is 18.2 Å². The molecule has 3 N–H and O–H groups in total. The third kappa shape index (κ3) is 1.84. The molecule has 2 rings (SSSR count). The van der Waals surface area contributed by atoms with Crippen LogP contribution in [0.5, 0.6) is 0 Å². The highest BCUT2D eigenvalue weighted by molar-refractivity contribution is 6.09. The highest BCUT2D eigenvalue weighted by Crippen LogP contribution is 2.27. The van der Waals surface area contributed by atoms with Crippen LogP contribution >= 0.6 is 0 Å². The van der Waals surface area contributed by atoms with Crippen molar-refractivity contribution < 1.29 is 0 Å². The molecule has 3 nitrogen and oxygen atoms in total. The lowest BCUT2D eigenvalue weighted by Crippen LogP contribution is -2.06. The van der Waals surface area contributed by atoms with Gasteiger partial charge >= 0.3 is 0 Å². The van der Waals surface area contributed by atoms with Gasteiger partial charge in [0.05, 0.1) is 5.69 Å². The van der Waals surface area contributed by atoms with Gasteiger partial charge in [-0.15, -0.1) is 0 Å². The number of para-hydroxylation sites is 1. The largest absolute Gasteiger partial charge is 0.404 e. The fourth-order valence-electron chi connectivity index (χ4n) is 2.16. The molecule has 0 atom stereocenters. The summed E-state index contributed by atoms with van der Waals surface area (Å²) < 4.78 is 2.21. The highest BCUT2D eigenvalue weighted by Gasteiger charge is 2.12. The number of fused-ring (bicyclic) bond motifs is 1. The molecule has 1 heterocycles. The van der Waals surface area contributed by atoms with E-state index in [1.807, 2.05) is 12.1 Å². The molecule has 0 amide bonds. The molecule has 3 heteroatoms. The Balaban J connectivity index is 2.78. The van der Waals surface area contributed by atoms with Crippen molar-refractivity contribution in [3.8, 4) is 0 Å². The third-order valence-electron chi connectivity index (χ3n) is 2.90. The number of benzene rings is 1. The summed E-state index contributed by atoms with van der Waals surface area (Å²) in [6, 6.07) is 10.6. The molecule has 0 aliphatic heterocycles. The standard InChI is InChI=1S/C14H17N3/c1-10(2)17-13-6-4-3-5-11(13)7-14(17)12(8-15)9-16/h3-10,15H,16H2,1-2H3/b12-9+,15-8?. The summed E-state index contributed by atoms with van der Waals surface area (Å²) in [5, 5.41) is 8.60. The van der Waals surface area contributed by atoms with Crippen molar-refractivity contribution in [2.24, 2.45) is 5.73 Å². The van der Waals surface area contributed by atoms with E-state index in [9.17, 15) is 0 Å². The van der Waals surface area contributed by atoms with Gasteiger partial charge in [0.25, 0.3) is 0 Å². The Kier molecular flexibility index (Phi) is 3.00. The molecule has 0 unspecified atom stereocenters. The summed E-state index contributed by atoms with van der Waals surface area (Å²) in [5.41, 5.74) is 8.50. The minimum atomic E-state index is 0.333. The van der Waals surface area contributed by atoms with Crippen LogP contribution in [0.2, 0.25) is 0 Å². The van der Waals surface area contributed by atoms with Crippen LogP contribution in [0.3, 0.4) is 0 Å². The normalized spacial score (nSPS) is 12.3. The topological polar surface area (TPSA) is 54.8 Å². The summed E-state index contributed by atoms with van der Waals surface area (Å²) in [6.07, 6.45) is 2.78. The van der Waals surface area contributed by atoms with Gasteiger partial charge in [-0.25, -0.2) is 0 Å². The van der Waals surface area contributed by atoms with E-state index in [2.05, 4.69) is 36.6 Å². The zero-order valence-electron chi connectivity index (χ0n) is 10.1. The summed E-state index contributed by atoms with van der Waals surface area (Å²) in [6.45, 7) is 4.27. The average Bonchev–Trinajstić information content (AvgIpc) is 2.69. The Bertz CT molecular complexity index is 576. The summed E-state index contributed by atoms with van der Waals surface area (Å²) >= 11 is 0. The first kappa shape index (κ1) is 11.5. The first-order chi connectivity index (χ1) is 8.19. The molecule has 0 radical (unpaired) electrons. The summed E-state index contributed by atoms with van der Waals surface area (Å²) in [7, 11) is 0. The number of hydrogen-bond acceptors (Lipinski definition) is 2. The second kappa shape index (κ2) is 4.45. The van der Waals surface area contributed by atoms with Crippen LogP contribution in [0.4, 0.5) is 0 Å². The smallest absolute Gasteiger partial charge is 0.0523 e. The number of nitrogens with two attached hydrogens (primary N) is 1. The van der Waals surface area contributed by atoms with E-state index in [0.29, 0.717) is 6.04 Å². The molecule has 0 bridgehead atoms. The van der Waals surface area contributed by atoms with Gasteiger partial charge in [0, 0.05) is 34.9 Å². The maximum atomic E-state index is 7.42. The lowest BCUT2D eigenvalue weighted by molar-refractivity contribution is 0.617. The van der Waals surface area contributed by atoms with Gasteiger partial charge in [-0.3, -0.25) is 0 Å². The van der Waals surface area contributed by atoms with E-state index in [0.717, 1.165) is 11.3 Å². The van der Waals surface area contributed by atoms with Crippen molar-refractivity contribution in [3.05, 3.63) is 42.2 Å². The van der Waals surface area contributed by atoms with Crippen LogP contribution < -0.4 is 5.73 Å². The first-order valence-corrected chi connectivity index (χ1v) is 5.71. The van der Waals surface area contributed by atoms with Crippen LogP contribution in [0, 0.1) is 5.41 Å². The predicted octanol–water partition coefficient (Wildman–Crippen LogP) is 3.17. The molecule has 0 spiro atoms. The van der Waals surface area contributed by atoms with Crippen molar-refractivity contribution in [2.45, 2.75) is 19.9 Å². The molecular weight excluding hydrogens is 210 g/mol. The number of rotatable bonds is 3. The predicted molar refractivity (Wildman–Crippen MR) is 73.3 cm³/mol. The van der Waals surface area contributed by atoms with Gasteiger partial charge < -0.3 is 15.7 Å². The fraction of sp³-hybridized carbons (Fsp3) is 0.214. The Morgan fingerprint density at radius 1 is 1.35 bits per heavy atom. The van der Waals surface area contributed by atoms with Crippen LogP contribution in [0.15, 0.2) is 36.5 Å². The highest BCUT2D eigenvalue weighted by atomic mass is 15.0. The van der Waals surface area contributed by atoms with E-state index >= 15 is 0 Å². The zero-order chi connectivity index (χ0) is 12.4. The molecule has 17 heavy (non-hydrogen) atoms. The number of nitrogens with zero attached hydrogens (tertiary/aromatic N) is 1. The van der Waals surface area contributed by atoms with Crippen LogP contribution in [-0.4, -0.2) is 10.8 Å². The molecule has 0 aliphatic carbocycles. The number of aromatic nitrogens is 1. The molecule has 0 saturated carbocycles. The fourth-order valence-corrected chi connectivity index (χ4v) is 2.16. The molecule has 1 aromatic heterocycles. The van der Waals surface area contributed by atoms with E-state index in [1.165, 1.54) is 23.3 Å². The second-order valence-corrected chi connectivity index (χ2v) is 4.32. The first-order valence-electron chi connectivity index (χ1n) is 5.71. The van der Waals surface area contributed by atoms with Gasteiger partial charge in [-0.05, 0) is 26.0 Å². The molecule has 0 saturated heterocycles. The van der Waals surface area contributed by atoms with E-state index in [-0.39, 0.29) is 0 Å². The van der Waals surface area contributed by atoms with Crippen LogP contribution in [0.25, 0.3) is 16.5 Å². The van der Waals surface area contributed by atoms with Gasteiger partial charge in [0.2, 0.25) is 0 Å². The van der Waals surface area contributed by atoms with Crippen LogP contribution in [0.1, 0.15) is 25.6 Å². The monoisotopic (exact) mass is 227 g/mol. The SMILES string of the molecule is CC(C)n1c(/C(C=N)=C/N)cc2ccccc21. The average molecular weight is 227 g/mol. The summed E-state index contributed by atoms with van der Waals surface area (Å²) in [4.78, 5) is 0. The Morgan fingerprint density at radius 3 is 2.65 bits per heavy atom. The van der Waals surface area contributed by atoms with Crippen molar-refractivity contribution in [2.75, 3.05) is 0 Å². The Labute approximate surface area is 101 Å². The Hall–Kier alpha value is -2.03. The van der Waals surface area contributed by atoms with E-state index < -0.39 is 0 Å². The molecule has 1 aromatic carbocycles. The number of nitrogens with one attached hydrogen (secondary N) is 1. The Morgan fingerprint density at radius 2 is 2.06 bits per heavy atom. The van der Waals surface area contributed by atoms with Gasteiger partial charge in [-0.2, -0.15) is 0 Å². The molecule has 2 aromatic rings.